The van der Waals surface area contributed by atoms with Gasteiger partial charge < -0.3 is 15.1 Å². The van der Waals surface area contributed by atoms with Crippen LogP contribution in [0.15, 0.2) is 34.7 Å². The zero-order chi connectivity index (χ0) is 13.7. The number of carbonyl (C=O) groups is 1. The maximum absolute atomic E-state index is 11.9. The van der Waals surface area contributed by atoms with Crippen molar-refractivity contribution in [2.24, 2.45) is 0 Å². The third-order valence-electron chi connectivity index (χ3n) is 2.68. The van der Waals surface area contributed by atoms with Gasteiger partial charge in [0.25, 0.3) is 5.91 Å². The summed E-state index contributed by atoms with van der Waals surface area (Å²) in [6.07, 6.45) is 0. The van der Waals surface area contributed by atoms with Gasteiger partial charge in [-0.2, -0.15) is 0 Å². The summed E-state index contributed by atoms with van der Waals surface area (Å²) >= 11 is 0. The third-order valence-corrected chi connectivity index (χ3v) is 2.68. The summed E-state index contributed by atoms with van der Waals surface area (Å²) < 4.78 is 5.55. The Morgan fingerprint density at radius 1 is 1.26 bits per heavy atom. The molecule has 0 bridgehead atoms. The van der Waals surface area contributed by atoms with E-state index in [0.717, 1.165) is 5.56 Å². The van der Waals surface area contributed by atoms with E-state index in [-0.39, 0.29) is 11.7 Å². The highest BCUT2D eigenvalue weighted by Crippen LogP contribution is 2.21. The molecule has 0 saturated carbocycles. The fourth-order valence-corrected chi connectivity index (χ4v) is 1.69. The summed E-state index contributed by atoms with van der Waals surface area (Å²) in [7, 11) is 1.83. The van der Waals surface area contributed by atoms with Gasteiger partial charge in [0.1, 0.15) is 0 Å². The Morgan fingerprint density at radius 3 is 2.68 bits per heavy atom. The molecule has 0 unspecified atom stereocenters. The topological polar surface area (TPSA) is 67.2 Å². The Kier molecular flexibility index (Phi) is 4.30. The number of oxazole rings is 1. The van der Waals surface area contributed by atoms with Crippen LogP contribution in [0.1, 0.15) is 16.2 Å². The second-order valence-electron chi connectivity index (χ2n) is 4.16. The quantitative estimate of drug-likeness (QED) is 0.800. The predicted molar refractivity (Wildman–Crippen MR) is 72.9 cm³/mol. The fourth-order valence-electron chi connectivity index (χ4n) is 1.69. The molecule has 0 radical (unpaired) electrons. The number of hydrogen-bond acceptors (Lipinski definition) is 4. The molecule has 0 atom stereocenters. The highest BCUT2D eigenvalue weighted by atomic mass is 16.4. The van der Waals surface area contributed by atoms with Gasteiger partial charge in [0.2, 0.25) is 11.7 Å². The minimum Gasteiger partial charge on any atom is -0.431 e. The molecule has 1 heterocycles. The van der Waals surface area contributed by atoms with Crippen molar-refractivity contribution in [2.45, 2.75) is 6.92 Å². The maximum Gasteiger partial charge on any atom is 0.289 e. The summed E-state index contributed by atoms with van der Waals surface area (Å²) in [5.74, 6) is 0.509. The number of aryl methyl sites for hydroxylation is 1. The summed E-state index contributed by atoms with van der Waals surface area (Å²) in [5.41, 5.74) is 1.46. The molecule has 2 N–H and O–H groups in total. The molecule has 0 saturated heterocycles. The molecular weight excluding hydrogens is 242 g/mol. The predicted octanol–water partition coefficient (Wildman–Crippen LogP) is 1.60. The average Bonchev–Trinajstić information content (AvgIpc) is 2.82. The van der Waals surface area contributed by atoms with Crippen LogP contribution in [0, 0.1) is 6.92 Å². The van der Waals surface area contributed by atoms with Crippen LogP contribution < -0.4 is 10.6 Å². The van der Waals surface area contributed by atoms with Crippen LogP contribution in [-0.4, -0.2) is 31.0 Å². The van der Waals surface area contributed by atoms with E-state index in [2.05, 4.69) is 15.6 Å². The van der Waals surface area contributed by atoms with E-state index in [4.69, 9.17) is 4.42 Å². The van der Waals surface area contributed by atoms with E-state index in [1.165, 1.54) is 0 Å². The summed E-state index contributed by atoms with van der Waals surface area (Å²) in [6, 6.07) is 9.52. The smallest absolute Gasteiger partial charge is 0.289 e. The summed E-state index contributed by atoms with van der Waals surface area (Å²) in [4.78, 5) is 16.2. The Morgan fingerprint density at radius 2 is 2.00 bits per heavy atom. The lowest BCUT2D eigenvalue weighted by molar-refractivity contribution is 0.0926. The van der Waals surface area contributed by atoms with Crippen LogP contribution in [0.5, 0.6) is 0 Å². The number of nitrogens with one attached hydrogen (secondary N) is 2. The second-order valence-corrected chi connectivity index (χ2v) is 4.16. The molecule has 2 aromatic rings. The molecule has 5 heteroatoms. The van der Waals surface area contributed by atoms with Crippen molar-refractivity contribution in [1.29, 1.82) is 0 Å². The molecule has 1 aromatic heterocycles. The number of hydrogen-bond donors (Lipinski definition) is 2. The van der Waals surface area contributed by atoms with E-state index >= 15 is 0 Å². The lowest BCUT2D eigenvalue weighted by atomic mass is 10.2. The van der Waals surface area contributed by atoms with E-state index in [0.29, 0.717) is 24.7 Å². The van der Waals surface area contributed by atoms with Gasteiger partial charge in [0.05, 0.1) is 5.69 Å². The molecule has 100 valence electrons. The Labute approximate surface area is 112 Å². The van der Waals surface area contributed by atoms with Gasteiger partial charge in [0, 0.05) is 18.7 Å². The van der Waals surface area contributed by atoms with Crippen LogP contribution >= 0.6 is 0 Å². The molecule has 0 fully saturated rings. The molecule has 0 spiro atoms. The van der Waals surface area contributed by atoms with E-state index in [1.54, 1.807) is 6.92 Å². The number of likely N-dealkylation sites (N-methyl/N-ethyl adjacent to an activating group) is 1. The molecule has 0 aliphatic carbocycles. The Balaban J connectivity index is 2.15. The molecule has 5 nitrogen and oxygen atoms in total. The Hall–Kier alpha value is -2.14. The molecule has 1 aromatic carbocycles. The lowest BCUT2D eigenvalue weighted by Crippen LogP contribution is -2.30. The van der Waals surface area contributed by atoms with Crippen LogP contribution in [0.4, 0.5) is 0 Å². The van der Waals surface area contributed by atoms with Crippen LogP contribution in [0.2, 0.25) is 0 Å². The lowest BCUT2D eigenvalue weighted by Gasteiger charge is -2.02. The zero-order valence-electron chi connectivity index (χ0n) is 11.1. The van der Waals surface area contributed by atoms with Crippen molar-refractivity contribution in [3.05, 3.63) is 41.8 Å². The van der Waals surface area contributed by atoms with Crippen molar-refractivity contribution in [3.8, 4) is 11.5 Å². The first-order valence-electron chi connectivity index (χ1n) is 6.18. The maximum atomic E-state index is 11.9. The van der Waals surface area contributed by atoms with Gasteiger partial charge in [-0.15, -0.1) is 0 Å². The minimum absolute atomic E-state index is 0.234. The largest absolute Gasteiger partial charge is 0.431 e. The Bertz CT molecular complexity index is 549. The van der Waals surface area contributed by atoms with E-state index < -0.39 is 0 Å². The number of carbonyl (C=O) groups excluding carboxylic acids is 1. The van der Waals surface area contributed by atoms with Crippen LogP contribution in [0.3, 0.4) is 0 Å². The SMILES string of the molecule is CNCCNC(=O)c1oc(-c2ccccc2)nc1C. The van der Waals surface area contributed by atoms with Crippen molar-refractivity contribution < 1.29 is 9.21 Å². The molecule has 0 aliphatic rings. The summed E-state index contributed by atoms with van der Waals surface area (Å²) in [5, 5.41) is 5.73. The normalized spacial score (nSPS) is 10.4. The van der Waals surface area contributed by atoms with E-state index in [1.807, 2.05) is 37.4 Å². The number of rotatable bonds is 5. The molecular formula is C14H17N3O2. The highest BCUT2D eigenvalue weighted by Gasteiger charge is 2.17. The number of benzene rings is 1. The van der Waals surface area contributed by atoms with Gasteiger partial charge in [0.15, 0.2) is 0 Å². The van der Waals surface area contributed by atoms with Crippen molar-refractivity contribution in [3.63, 3.8) is 0 Å². The highest BCUT2D eigenvalue weighted by molar-refractivity contribution is 5.92. The first kappa shape index (κ1) is 13.3. The van der Waals surface area contributed by atoms with Crippen molar-refractivity contribution in [2.75, 3.05) is 20.1 Å². The van der Waals surface area contributed by atoms with Crippen LogP contribution in [-0.2, 0) is 0 Å². The molecule has 1 amide bonds. The second kappa shape index (κ2) is 6.15. The van der Waals surface area contributed by atoms with Gasteiger partial charge in [-0.05, 0) is 26.1 Å². The number of amides is 1. The average molecular weight is 259 g/mol. The van der Waals surface area contributed by atoms with Crippen molar-refractivity contribution >= 4 is 5.91 Å². The van der Waals surface area contributed by atoms with Gasteiger partial charge in [-0.3, -0.25) is 4.79 Å². The zero-order valence-corrected chi connectivity index (χ0v) is 11.1. The van der Waals surface area contributed by atoms with Gasteiger partial charge in [-0.1, -0.05) is 18.2 Å². The monoisotopic (exact) mass is 259 g/mol. The first-order chi connectivity index (χ1) is 9.22. The third kappa shape index (κ3) is 3.20. The number of aromatic nitrogens is 1. The standard InChI is InChI=1S/C14H17N3O2/c1-10-12(13(18)16-9-8-15-2)19-14(17-10)11-6-4-3-5-7-11/h3-7,15H,8-9H2,1-2H3,(H,16,18). The number of nitrogens with zero attached hydrogens (tertiary/aromatic N) is 1. The fraction of sp³-hybridized carbons (Fsp3) is 0.286. The van der Waals surface area contributed by atoms with Crippen LogP contribution in [0.25, 0.3) is 11.5 Å². The van der Waals surface area contributed by atoms with E-state index in [9.17, 15) is 4.79 Å². The minimum atomic E-state index is -0.234. The molecule has 19 heavy (non-hydrogen) atoms. The van der Waals surface area contributed by atoms with Gasteiger partial charge in [-0.25, -0.2) is 4.98 Å². The van der Waals surface area contributed by atoms with Gasteiger partial charge >= 0.3 is 0 Å². The molecule has 0 aliphatic heterocycles. The first-order valence-corrected chi connectivity index (χ1v) is 6.18. The summed E-state index contributed by atoms with van der Waals surface area (Å²) in [6.45, 7) is 3.03. The molecule has 2 rings (SSSR count). The van der Waals surface area contributed by atoms with Crippen molar-refractivity contribution in [1.82, 2.24) is 15.6 Å².